The number of hydrogen-bond donors (Lipinski definition) is 1. The summed E-state index contributed by atoms with van der Waals surface area (Å²) in [4.78, 5) is 10.8. The van der Waals surface area contributed by atoms with Crippen molar-refractivity contribution in [2.24, 2.45) is 0 Å². The van der Waals surface area contributed by atoms with Crippen LogP contribution in [0.1, 0.15) is 33.1 Å². The van der Waals surface area contributed by atoms with Crippen LogP contribution in [0, 0.1) is 0 Å². The summed E-state index contributed by atoms with van der Waals surface area (Å²) in [6, 6.07) is 2.52. The van der Waals surface area contributed by atoms with Crippen LogP contribution in [0.15, 0.2) is 12.4 Å². The molecule has 0 amide bonds. The van der Waals surface area contributed by atoms with Gasteiger partial charge < -0.3 is 15.0 Å². The molecule has 5 nitrogen and oxygen atoms in total. The Morgan fingerprint density at radius 3 is 3.00 bits per heavy atom. The normalized spacial score (nSPS) is 18.5. The molecule has 1 atom stereocenters. The predicted octanol–water partition coefficient (Wildman–Crippen LogP) is 1.84. The molecule has 1 saturated heterocycles. The summed E-state index contributed by atoms with van der Waals surface area (Å²) < 4.78 is 5.57. The zero-order chi connectivity index (χ0) is 13.5. The summed E-state index contributed by atoms with van der Waals surface area (Å²) in [5, 5.41) is 3.52. The maximum Gasteiger partial charge on any atom is 0.218 e. The maximum absolute atomic E-state index is 5.57. The molecule has 1 aliphatic heterocycles. The maximum atomic E-state index is 5.57. The quantitative estimate of drug-likeness (QED) is 0.814. The third-order valence-corrected chi connectivity index (χ3v) is 3.39. The first kappa shape index (κ1) is 14.1. The van der Waals surface area contributed by atoms with Crippen molar-refractivity contribution < 1.29 is 4.74 Å². The van der Waals surface area contributed by atoms with Crippen LogP contribution in [0.4, 0.5) is 5.82 Å². The van der Waals surface area contributed by atoms with E-state index < -0.39 is 0 Å². The van der Waals surface area contributed by atoms with Gasteiger partial charge in [-0.05, 0) is 32.7 Å². The fourth-order valence-corrected chi connectivity index (χ4v) is 2.35. The zero-order valence-corrected chi connectivity index (χ0v) is 11.9. The van der Waals surface area contributed by atoms with Crippen LogP contribution >= 0.6 is 0 Å². The van der Waals surface area contributed by atoms with Gasteiger partial charge in [-0.25, -0.2) is 9.97 Å². The van der Waals surface area contributed by atoms with Crippen LogP contribution in [-0.2, 0) is 0 Å². The Morgan fingerprint density at radius 1 is 1.42 bits per heavy atom. The molecule has 0 aliphatic carbocycles. The number of anilines is 1. The molecule has 2 heterocycles. The molecule has 0 radical (unpaired) electrons. The van der Waals surface area contributed by atoms with Gasteiger partial charge >= 0.3 is 0 Å². The van der Waals surface area contributed by atoms with E-state index in [2.05, 4.69) is 34.0 Å². The summed E-state index contributed by atoms with van der Waals surface area (Å²) in [7, 11) is 0. The Morgan fingerprint density at radius 2 is 2.32 bits per heavy atom. The molecular weight excluding hydrogens is 240 g/mol. The molecule has 1 unspecified atom stereocenters. The van der Waals surface area contributed by atoms with E-state index in [4.69, 9.17) is 4.74 Å². The molecule has 106 valence electrons. The molecule has 1 aliphatic rings. The van der Waals surface area contributed by atoms with E-state index in [1.165, 1.54) is 12.8 Å². The molecule has 19 heavy (non-hydrogen) atoms. The number of nitrogens with zero attached hydrogens (tertiary/aromatic N) is 3. The van der Waals surface area contributed by atoms with Crippen LogP contribution in [0.25, 0.3) is 0 Å². The Balaban J connectivity index is 2.00. The van der Waals surface area contributed by atoms with Crippen LogP contribution in [0.5, 0.6) is 5.88 Å². The minimum atomic E-state index is 0.579. The van der Waals surface area contributed by atoms with Crippen molar-refractivity contribution in [2.45, 2.75) is 39.2 Å². The Kier molecular flexibility index (Phi) is 5.39. The highest BCUT2D eigenvalue weighted by molar-refractivity contribution is 5.40. The van der Waals surface area contributed by atoms with E-state index in [1.807, 2.05) is 6.07 Å². The second kappa shape index (κ2) is 7.28. The van der Waals surface area contributed by atoms with Gasteiger partial charge in [-0.3, -0.25) is 0 Å². The average Bonchev–Trinajstić information content (AvgIpc) is 2.96. The molecule has 1 aromatic heterocycles. The SMILES string of the molecule is CCCOc1cc(N(CC)CC2CCCN2)ncn1. The highest BCUT2D eigenvalue weighted by atomic mass is 16.5. The highest BCUT2D eigenvalue weighted by Gasteiger charge is 2.18. The number of aromatic nitrogens is 2. The van der Waals surface area contributed by atoms with Gasteiger partial charge in [-0.15, -0.1) is 0 Å². The fraction of sp³-hybridized carbons (Fsp3) is 0.714. The Bertz CT molecular complexity index is 379. The first-order chi connectivity index (χ1) is 9.33. The molecule has 5 heteroatoms. The van der Waals surface area contributed by atoms with Crippen LogP contribution in [0.3, 0.4) is 0 Å². The Labute approximate surface area is 115 Å². The van der Waals surface area contributed by atoms with E-state index in [9.17, 15) is 0 Å². The highest BCUT2D eigenvalue weighted by Crippen LogP contribution is 2.17. The number of ether oxygens (including phenoxy) is 1. The number of rotatable bonds is 7. The lowest BCUT2D eigenvalue weighted by Gasteiger charge is -2.25. The second-order valence-corrected chi connectivity index (χ2v) is 4.89. The van der Waals surface area contributed by atoms with Crippen molar-refractivity contribution in [1.29, 1.82) is 0 Å². The monoisotopic (exact) mass is 264 g/mol. The van der Waals surface area contributed by atoms with Crippen molar-refractivity contribution in [2.75, 3.05) is 31.1 Å². The van der Waals surface area contributed by atoms with Crippen LogP contribution < -0.4 is 15.0 Å². The first-order valence-corrected chi connectivity index (χ1v) is 7.26. The second-order valence-electron chi connectivity index (χ2n) is 4.89. The van der Waals surface area contributed by atoms with Gasteiger partial charge in [0.05, 0.1) is 6.61 Å². The van der Waals surface area contributed by atoms with Crippen molar-refractivity contribution in [3.8, 4) is 5.88 Å². The van der Waals surface area contributed by atoms with E-state index in [0.717, 1.165) is 31.9 Å². The molecule has 1 fully saturated rings. The van der Waals surface area contributed by atoms with Crippen LogP contribution in [0.2, 0.25) is 0 Å². The van der Waals surface area contributed by atoms with Gasteiger partial charge in [0.1, 0.15) is 12.1 Å². The Hall–Kier alpha value is -1.36. The minimum absolute atomic E-state index is 0.579. The third kappa shape index (κ3) is 4.06. The first-order valence-electron chi connectivity index (χ1n) is 7.26. The number of nitrogens with one attached hydrogen (secondary N) is 1. The van der Waals surface area contributed by atoms with Gasteiger partial charge in [-0.2, -0.15) is 0 Å². The minimum Gasteiger partial charge on any atom is -0.478 e. The summed E-state index contributed by atoms with van der Waals surface area (Å²) in [6.07, 6.45) is 5.10. The third-order valence-electron chi connectivity index (χ3n) is 3.39. The van der Waals surface area contributed by atoms with Gasteiger partial charge in [0, 0.05) is 25.2 Å². The molecule has 0 aromatic carbocycles. The van der Waals surface area contributed by atoms with Gasteiger partial charge in [-0.1, -0.05) is 6.92 Å². The molecule has 1 N–H and O–H groups in total. The molecular formula is C14H24N4O. The molecule has 1 aromatic rings. The lowest BCUT2D eigenvalue weighted by molar-refractivity contribution is 0.304. The standard InChI is InChI=1S/C14H24N4O/c1-3-8-19-14-9-13(16-11-17-14)18(4-2)10-12-6-5-7-15-12/h9,11-12,15H,3-8,10H2,1-2H3. The van der Waals surface area contributed by atoms with Crippen molar-refractivity contribution >= 4 is 5.82 Å². The van der Waals surface area contributed by atoms with Gasteiger partial charge in [0.25, 0.3) is 0 Å². The van der Waals surface area contributed by atoms with Crippen molar-refractivity contribution in [1.82, 2.24) is 15.3 Å². The molecule has 0 spiro atoms. The number of likely N-dealkylation sites (N-methyl/N-ethyl adjacent to an activating group) is 1. The largest absolute Gasteiger partial charge is 0.478 e. The number of hydrogen-bond acceptors (Lipinski definition) is 5. The summed E-state index contributed by atoms with van der Waals surface area (Å²) in [5.74, 6) is 1.63. The van der Waals surface area contributed by atoms with E-state index in [1.54, 1.807) is 6.33 Å². The lowest BCUT2D eigenvalue weighted by atomic mass is 10.2. The van der Waals surface area contributed by atoms with Gasteiger partial charge in [0.2, 0.25) is 5.88 Å². The zero-order valence-electron chi connectivity index (χ0n) is 11.9. The van der Waals surface area contributed by atoms with Crippen molar-refractivity contribution in [3.05, 3.63) is 12.4 Å². The smallest absolute Gasteiger partial charge is 0.218 e. The van der Waals surface area contributed by atoms with E-state index >= 15 is 0 Å². The summed E-state index contributed by atoms with van der Waals surface area (Å²) in [6.45, 7) is 8.03. The summed E-state index contributed by atoms with van der Waals surface area (Å²) >= 11 is 0. The van der Waals surface area contributed by atoms with Gasteiger partial charge in [0.15, 0.2) is 0 Å². The molecule has 2 rings (SSSR count). The van der Waals surface area contributed by atoms with Crippen molar-refractivity contribution in [3.63, 3.8) is 0 Å². The average molecular weight is 264 g/mol. The predicted molar refractivity (Wildman–Crippen MR) is 76.7 cm³/mol. The van der Waals surface area contributed by atoms with Crippen LogP contribution in [-0.4, -0.2) is 42.3 Å². The fourth-order valence-electron chi connectivity index (χ4n) is 2.35. The topological polar surface area (TPSA) is 50.3 Å². The molecule has 0 saturated carbocycles. The van der Waals surface area contributed by atoms with E-state index in [0.29, 0.717) is 18.5 Å². The summed E-state index contributed by atoms with van der Waals surface area (Å²) in [5.41, 5.74) is 0. The lowest BCUT2D eigenvalue weighted by Crippen LogP contribution is -2.37. The molecule has 0 bridgehead atoms. The van der Waals surface area contributed by atoms with E-state index in [-0.39, 0.29) is 0 Å².